The van der Waals surface area contributed by atoms with Crippen LogP contribution in [0.1, 0.15) is 18.0 Å². The van der Waals surface area contributed by atoms with Crippen molar-refractivity contribution in [2.24, 2.45) is 5.73 Å². The molecule has 1 unspecified atom stereocenters. The Hall–Kier alpha value is -3.85. The molecular weight excluding hydrogens is 398 g/mol. The van der Waals surface area contributed by atoms with E-state index in [9.17, 15) is 18.4 Å². The van der Waals surface area contributed by atoms with Crippen LogP contribution in [0.15, 0.2) is 65.7 Å². The van der Waals surface area contributed by atoms with Gasteiger partial charge in [0.05, 0.1) is 5.39 Å². The lowest BCUT2D eigenvalue weighted by Gasteiger charge is -2.14. The fraction of sp³-hybridized carbons (Fsp3) is 0.0952. The van der Waals surface area contributed by atoms with E-state index < -0.39 is 29.6 Å². The van der Waals surface area contributed by atoms with Crippen molar-refractivity contribution in [2.75, 3.05) is 0 Å². The molecule has 0 radical (unpaired) electrons. The first kappa shape index (κ1) is 22.4. The first-order chi connectivity index (χ1) is 14.2. The summed E-state index contributed by atoms with van der Waals surface area (Å²) in [4.78, 5) is 19.1. The van der Waals surface area contributed by atoms with Crippen molar-refractivity contribution in [2.45, 2.75) is 12.5 Å². The number of nitrogens with two attached hydrogens (primary N) is 1. The molecule has 0 fully saturated rings. The van der Waals surface area contributed by atoms with E-state index in [1.165, 1.54) is 30.3 Å². The van der Waals surface area contributed by atoms with Crippen molar-refractivity contribution in [3.8, 4) is 11.3 Å². The lowest BCUT2D eigenvalue weighted by Crippen LogP contribution is -2.11. The van der Waals surface area contributed by atoms with Crippen molar-refractivity contribution >= 4 is 22.9 Å². The van der Waals surface area contributed by atoms with Gasteiger partial charge in [-0.05, 0) is 48.4 Å². The highest BCUT2D eigenvalue weighted by Crippen LogP contribution is 2.34. The van der Waals surface area contributed by atoms with Gasteiger partial charge in [0.1, 0.15) is 17.3 Å². The van der Waals surface area contributed by atoms with Gasteiger partial charge in [-0.25, -0.2) is 18.4 Å². The first-order valence-corrected chi connectivity index (χ1v) is 8.58. The van der Waals surface area contributed by atoms with E-state index in [4.69, 9.17) is 20.5 Å². The number of fused-ring (bicyclic) bond motifs is 1. The quantitative estimate of drug-likeness (QED) is 0.408. The van der Waals surface area contributed by atoms with Gasteiger partial charge in [0.2, 0.25) is 0 Å². The normalized spacial score (nSPS) is 11.7. The second-order valence-electron chi connectivity index (χ2n) is 6.04. The smallest absolute Gasteiger partial charge is 0.328 e. The zero-order chi connectivity index (χ0) is 22.3. The maximum atomic E-state index is 13.6. The monoisotopic (exact) mass is 416 g/mol. The predicted octanol–water partition coefficient (Wildman–Crippen LogP) is 4.06. The van der Waals surface area contributed by atoms with Crippen LogP contribution in [0.4, 0.5) is 8.78 Å². The standard InChI is InChI=1S/C17H14F2N2O.C4H4O4/c1-2-3-15(20)13-8-10(18)4-6-12(13)17-14-9-11(19)5-7-16(14)22-21-17;5-3(6)1-2-4(7)8/h2,4-9,15H,1,3,20H2;1-2H,(H,5,6)(H,7,8)/b;2-1+. The predicted molar refractivity (Wildman–Crippen MR) is 106 cm³/mol. The molecule has 0 aliphatic rings. The summed E-state index contributed by atoms with van der Waals surface area (Å²) in [5, 5.41) is 20.1. The maximum absolute atomic E-state index is 13.6. The van der Waals surface area contributed by atoms with Gasteiger partial charge in [-0.1, -0.05) is 11.2 Å². The van der Waals surface area contributed by atoms with Gasteiger partial charge in [0, 0.05) is 23.8 Å². The Morgan fingerprint density at radius 2 is 1.70 bits per heavy atom. The summed E-state index contributed by atoms with van der Waals surface area (Å²) < 4.78 is 32.3. The third kappa shape index (κ3) is 5.82. The number of carboxylic acids is 2. The maximum Gasteiger partial charge on any atom is 0.328 e. The molecule has 0 saturated carbocycles. The number of benzene rings is 2. The molecule has 0 amide bonds. The zero-order valence-electron chi connectivity index (χ0n) is 15.6. The Bertz CT molecular complexity index is 1090. The number of hydrogen-bond acceptors (Lipinski definition) is 5. The van der Waals surface area contributed by atoms with Crippen LogP contribution in [-0.2, 0) is 9.59 Å². The Morgan fingerprint density at radius 3 is 2.30 bits per heavy atom. The van der Waals surface area contributed by atoms with Gasteiger partial charge in [-0.2, -0.15) is 0 Å². The third-order valence-corrected chi connectivity index (χ3v) is 3.89. The number of halogens is 2. The molecule has 4 N–H and O–H groups in total. The second kappa shape index (κ2) is 10.1. The lowest BCUT2D eigenvalue weighted by atomic mass is 9.95. The average molecular weight is 416 g/mol. The summed E-state index contributed by atoms with van der Waals surface area (Å²) >= 11 is 0. The summed E-state index contributed by atoms with van der Waals surface area (Å²) in [7, 11) is 0. The van der Waals surface area contributed by atoms with Gasteiger partial charge in [0.15, 0.2) is 5.58 Å². The van der Waals surface area contributed by atoms with E-state index >= 15 is 0 Å². The van der Waals surface area contributed by atoms with Crippen LogP contribution in [0.5, 0.6) is 0 Å². The first-order valence-electron chi connectivity index (χ1n) is 8.58. The number of hydrogen-bond donors (Lipinski definition) is 3. The van der Waals surface area contributed by atoms with Crippen LogP contribution in [0.25, 0.3) is 22.2 Å². The molecule has 2 aromatic carbocycles. The number of aliphatic carboxylic acids is 2. The van der Waals surface area contributed by atoms with E-state index in [1.807, 2.05) is 0 Å². The number of nitrogens with zero attached hydrogens (tertiary/aromatic N) is 1. The zero-order valence-corrected chi connectivity index (χ0v) is 15.6. The van der Waals surface area contributed by atoms with Crippen molar-refractivity contribution in [3.05, 3.63) is 78.4 Å². The average Bonchev–Trinajstić information content (AvgIpc) is 3.10. The van der Waals surface area contributed by atoms with Crippen molar-refractivity contribution in [1.82, 2.24) is 5.16 Å². The SMILES string of the molecule is C=CCC(N)c1cc(F)ccc1-c1noc2ccc(F)cc12.O=C(O)/C=C/C(=O)O. The molecule has 0 aliphatic carbocycles. The van der Waals surface area contributed by atoms with E-state index in [0.717, 1.165) is 0 Å². The van der Waals surface area contributed by atoms with Gasteiger partial charge in [-0.3, -0.25) is 0 Å². The summed E-state index contributed by atoms with van der Waals surface area (Å²) in [6.07, 6.45) is 3.27. The number of aromatic nitrogens is 1. The fourth-order valence-corrected chi connectivity index (χ4v) is 2.61. The van der Waals surface area contributed by atoms with E-state index in [-0.39, 0.29) is 0 Å². The molecule has 0 aliphatic heterocycles. The molecule has 1 atom stereocenters. The minimum atomic E-state index is -1.26. The van der Waals surface area contributed by atoms with Crippen LogP contribution < -0.4 is 5.73 Å². The van der Waals surface area contributed by atoms with E-state index in [1.54, 1.807) is 12.1 Å². The van der Waals surface area contributed by atoms with Crippen molar-refractivity contribution in [1.29, 1.82) is 0 Å². The molecule has 9 heteroatoms. The molecule has 0 spiro atoms. The van der Waals surface area contributed by atoms with Crippen LogP contribution >= 0.6 is 0 Å². The van der Waals surface area contributed by atoms with Crippen LogP contribution in [0.3, 0.4) is 0 Å². The summed E-state index contributed by atoms with van der Waals surface area (Å²) in [5.41, 5.74) is 8.20. The number of carbonyl (C=O) groups is 2. The van der Waals surface area contributed by atoms with Crippen LogP contribution in [0.2, 0.25) is 0 Å². The number of carboxylic acid groups (broad SMARTS) is 2. The molecule has 3 aromatic rings. The topological polar surface area (TPSA) is 127 Å². The number of rotatable bonds is 6. The lowest BCUT2D eigenvalue weighted by molar-refractivity contribution is -0.134. The Morgan fingerprint density at radius 1 is 1.10 bits per heavy atom. The van der Waals surface area contributed by atoms with E-state index in [0.29, 0.717) is 46.4 Å². The summed E-state index contributed by atoms with van der Waals surface area (Å²) in [6, 6.07) is 7.98. The largest absolute Gasteiger partial charge is 0.478 e. The van der Waals surface area contributed by atoms with E-state index in [2.05, 4.69) is 11.7 Å². The van der Waals surface area contributed by atoms with Gasteiger partial charge >= 0.3 is 11.9 Å². The minimum Gasteiger partial charge on any atom is -0.478 e. The summed E-state index contributed by atoms with van der Waals surface area (Å²) in [5.74, 6) is -3.30. The molecule has 0 bridgehead atoms. The Balaban J connectivity index is 0.000000343. The van der Waals surface area contributed by atoms with Crippen LogP contribution in [-0.4, -0.2) is 27.3 Å². The van der Waals surface area contributed by atoms with Gasteiger partial charge < -0.3 is 20.5 Å². The molecule has 1 heterocycles. The molecular formula is C21H18F2N2O5. The summed E-state index contributed by atoms with van der Waals surface area (Å²) in [6.45, 7) is 3.65. The Labute approximate surface area is 169 Å². The highest BCUT2D eigenvalue weighted by Gasteiger charge is 2.18. The van der Waals surface area contributed by atoms with Crippen LogP contribution in [0, 0.1) is 11.6 Å². The molecule has 1 aromatic heterocycles. The van der Waals surface area contributed by atoms with Gasteiger partial charge in [0.25, 0.3) is 0 Å². The second-order valence-corrected chi connectivity index (χ2v) is 6.04. The fourth-order valence-electron chi connectivity index (χ4n) is 2.61. The molecule has 0 saturated heterocycles. The minimum absolute atomic E-state index is 0.391. The highest BCUT2D eigenvalue weighted by molar-refractivity contribution is 5.92. The van der Waals surface area contributed by atoms with Crippen molar-refractivity contribution < 1.29 is 33.1 Å². The molecule has 30 heavy (non-hydrogen) atoms. The third-order valence-electron chi connectivity index (χ3n) is 3.89. The highest BCUT2D eigenvalue weighted by atomic mass is 19.1. The van der Waals surface area contributed by atoms with Gasteiger partial charge in [-0.15, -0.1) is 6.58 Å². The Kier molecular flexibility index (Phi) is 7.54. The molecule has 7 nitrogen and oxygen atoms in total. The van der Waals surface area contributed by atoms with Crippen molar-refractivity contribution in [3.63, 3.8) is 0 Å². The molecule has 3 rings (SSSR count). The molecule has 156 valence electrons.